The fourth-order valence-corrected chi connectivity index (χ4v) is 2.73. The topological polar surface area (TPSA) is 53.6 Å². The van der Waals surface area contributed by atoms with Crippen molar-refractivity contribution in [2.24, 2.45) is 5.92 Å². The molecule has 2 aliphatic heterocycles. The molecule has 0 amide bonds. The summed E-state index contributed by atoms with van der Waals surface area (Å²) < 4.78 is 4.76. The molecule has 2 heterocycles. The number of ether oxygens (including phenoxy) is 1. The summed E-state index contributed by atoms with van der Waals surface area (Å²) in [7, 11) is 1.45. The van der Waals surface area contributed by atoms with Crippen LogP contribution in [-0.4, -0.2) is 56.7 Å². The quantitative estimate of drug-likeness (QED) is 0.657. The van der Waals surface area contributed by atoms with Crippen molar-refractivity contribution in [3.8, 4) is 0 Å². The van der Waals surface area contributed by atoms with E-state index in [0.717, 1.165) is 26.2 Å². The standard InChI is InChI=1S/C12H22N3O2/c1-17-12(16)9-15-7-6-14-8-11(15)10-2-4-13-5-3-10/h7,10-11,13-14H,2-6,8-9H2,1H3. The molecule has 0 spiro atoms. The maximum absolute atomic E-state index is 11.4. The molecule has 2 aliphatic rings. The van der Waals surface area contributed by atoms with Gasteiger partial charge in [-0.25, -0.2) is 0 Å². The van der Waals surface area contributed by atoms with Crippen LogP contribution in [0.1, 0.15) is 12.8 Å². The van der Waals surface area contributed by atoms with Crippen LogP contribution in [0.15, 0.2) is 0 Å². The Bertz CT molecular complexity index is 254. The third kappa shape index (κ3) is 3.40. The van der Waals surface area contributed by atoms with Gasteiger partial charge in [-0.2, -0.15) is 0 Å². The molecule has 2 saturated heterocycles. The molecule has 1 unspecified atom stereocenters. The van der Waals surface area contributed by atoms with Gasteiger partial charge in [0.2, 0.25) is 0 Å². The molecular weight excluding hydrogens is 218 g/mol. The lowest BCUT2D eigenvalue weighted by Crippen LogP contribution is -2.55. The number of hydrogen-bond acceptors (Lipinski definition) is 5. The molecule has 0 aromatic rings. The Labute approximate surface area is 103 Å². The predicted molar refractivity (Wildman–Crippen MR) is 65.3 cm³/mol. The molecule has 1 radical (unpaired) electrons. The van der Waals surface area contributed by atoms with Gasteiger partial charge in [-0.05, 0) is 31.8 Å². The second-order valence-corrected chi connectivity index (χ2v) is 4.74. The van der Waals surface area contributed by atoms with Gasteiger partial charge in [-0.15, -0.1) is 0 Å². The molecule has 5 nitrogen and oxygen atoms in total. The molecular formula is C12H22N3O2. The average Bonchev–Trinajstić information content (AvgIpc) is 2.40. The Balaban J connectivity index is 1.93. The van der Waals surface area contributed by atoms with Gasteiger partial charge in [0, 0.05) is 25.7 Å². The first-order valence-corrected chi connectivity index (χ1v) is 6.38. The van der Waals surface area contributed by atoms with E-state index in [4.69, 9.17) is 4.74 Å². The molecule has 0 aromatic heterocycles. The van der Waals surface area contributed by atoms with E-state index < -0.39 is 0 Å². The van der Waals surface area contributed by atoms with Gasteiger partial charge >= 0.3 is 5.97 Å². The molecule has 5 heteroatoms. The summed E-state index contributed by atoms with van der Waals surface area (Å²) in [4.78, 5) is 13.6. The molecule has 0 aromatic carbocycles. The van der Waals surface area contributed by atoms with E-state index in [0.29, 0.717) is 18.5 Å². The van der Waals surface area contributed by atoms with Gasteiger partial charge in [-0.3, -0.25) is 9.69 Å². The predicted octanol–water partition coefficient (Wildman–Crippen LogP) is -0.405. The van der Waals surface area contributed by atoms with Crippen molar-refractivity contribution >= 4 is 5.97 Å². The van der Waals surface area contributed by atoms with Crippen LogP contribution in [0.4, 0.5) is 0 Å². The molecule has 1 atom stereocenters. The van der Waals surface area contributed by atoms with Crippen LogP contribution in [0.25, 0.3) is 0 Å². The van der Waals surface area contributed by atoms with Crippen LogP contribution in [0.5, 0.6) is 0 Å². The number of nitrogens with one attached hydrogen (secondary N) is 2. The smallest absolute Gasteiger partial charge is 0.319 e. The van der Waals surface area contributed by atoms with Gasteiger partial charge in [0.25, 0.3) is 0 Å². The van der Waals surface area contributed by atoms with Crippen molar-refractivity contribution < 1.29 is 9.53 Å². The zero-order valence-electron chi connectivity index (χ0n) is 10.4. The van der Waals surface area contributed by atoms with Gasteiger partial charge in [0.1, 0.15) is 0 Å². The zero-order chi connectivity index (χ0) is 12.1. The summed E-state index contributed by atoms with van der Waals surface area (Å²) >= 11 is 0. The Hall–Kier alpha value is -0.650. The highest BCUT2D eigenvalue weighted by atomic mass is 16.5. The second kappa shape index (κ2) is 6.33. The lowest BCUT2D eigenvalue weighted by atomic mass is 9.88. The molecule has 2 N–H and O–H groups in total. The number of esters is 1. The van der Waals surface area contributed by atoms with Crippen molar-refractivity contribution in [3.05, 3.63) is 6.54 Å². The highest BCUT2D eigenvalue weighted by molar-refractivity contribution is 5.71. The van der Waals surface area contributed by atoms with Gasteiger partial charge < -0.3 is 15.4 Å². The highest BCUT2D eigenvalue weighted by Crippen LogP contribution is 2.23. The number of carbonyl (C=O) groups excluding carboxylic acids is 1. The zero-order valence-corrected chi connectivity index (χ0v) is 10.4. The Morgan fingerprint density at radius 1 is 1.41 bits per heavy atom. The van der Waals surface area contributed by atoms with Crippen molar-refractivity contribution in [3.63, 3.8) is 0 Å². The van der Waals surface area contributed by atoms with Crippen LogP contribution in [0.2, 0.25) is 0 Å². The minimum atomic E-state index is -0.151. The lowest BCUT2D eigenvalue weighted by Gasteiger charge is -2.41. The number of rotatable bonds is 3. The molecule has 2 fully saturated rings. The molecule has 97 valence electrons. The monoisotopic (exact) mass is 240 g/mol. The maximum atomic E-state index is 11.4. The maximum Gasteiger partial charge on any atom is 0.319 e. The van der Waals surface area contributed by atoms with Crippen molar-refractivity contribution in [2.75, 3.05) is 39.8 Å². The number of methoxy groups -OCH3 is 1. The van der Waals surface area contributed by atoms with Crippen LogP contribution in [-0.2, 0) is 9.53 Å². The summed E-state index contributed by atoms with van der Waals surface area (Å²) in [6.07, 6.45) is 2.38. The normalized spacial score (nSPS) is 27.9. The first-order chi connectivity index (χ1) is 8.31. The van der Waals surface area contributed by atoms with Gasteiger partial charge in [-0.1, -0.05) is 0 Å². The Kier molecular flexibility index (Phi) is 4.76. The second-order valence-electron chi connectivity index (χ2n) is 4.74. The number of carbonyl (C=O) groups is 1. The highest BCUT2D eigenvalue weighted by Gasteiger charge is 2.31. The first-order valence-electron chi connectivity index (χ1n) is 6.38. The summed E-state index contributed by atoms with van der Waals surface area (Å²) in [5, 5.41) is 6.76. The fourth-order valence-electron chi connectivity index (χ4n) is 2.73. The van der Waals surface area contributed by atoms with Crippen molar-refractivity contribution in [2.45, 2.75) is 18.9 Å². The third-order valence-electron chi connectivity index (χ3n) is 3.72. The van der Waals surface area contributed by atoms with Crippen LogP contribution in [0.3, 0.4) is 0 Å². The Morgan fingerprint density at radius 3 is 2.88 bits per heavy atom. The molecule has 0 aliphatic carbocycles. The number of hydrogen-bond donors (Lipinski definition) is 2. The molecule has 0 saturated carbocycles. The van der Waals surface area contributed by atoms with E-state index in [9.17, 15) is 4.79 Å². The van der Waals surface area contributed by atoms with E-state index in [1.807, 2.05) is 0 Å². The summed E-state index contributed by atoms with van der Waals surface area (Å²) in [6, 6.07) is 0.435. The van der Waals surface area contributed by atoms with Gasteiger partial charge in [0.05, 0.1) is 13.7 Å². The number of piperidine rings is 1. The average molecular weight is 240 g/mol. The van der Waals surface area contributed by atoms with E-state index in [1.165, 1.54) is 20.0 Å². The van der Waals surface area contributed by atoms with Crippen LogP contribution in [0, 0.1) is 12.5 Å². The van der Waals surface area contributed by atoms with Crippen molar-refractivity contribution in [1.82, 2.24) is 15.5 Å². The van der Waals surface area contributed by atoms with E-state index in [2.05, 4.69) is 22.1 Å². The van der Waals surface area contributed by atoms with Gasteiger partial charge in [0.15, 0.2) is 0 Å². The summed E-state index contributed by atoms with van der Waals surface area (Å²) in [6.45, 7) is 6.47. The molecule has 0 bridgehead atoms. The van der Waals surface area contributed by atoms with Crippen LogP contribution < -0.4 is 10.6 Å². The third-order valence-corrected chi connectivity index (χ3v) is 3.72. The fraction of sp³-hybridized carbons (Fsp3) is 0.833. The van der Waals surface area contributed by atoms with E-state index in [-0.39, 0.29) is 5.97 Å². The minimum Gasteiger partial charge on any atom is -0.468 e. The summed E-state index contributed by atoms with van der Waals surface area (Å²) in [5.74, 6) is 0.520. The van der Waals surface area contributed by atoms with E-state index >= 15 is 0 Å². The van der Waals surface area contributed by atoms with Crippen LogP contribution >= 0.6 is 0 Å². The lowest BCUT2D eigenvalue weighted by molar-refractivity contribution is -0.142. The minimum absolute atomic E-state index is 0.151. The largest absolute Gasteiger partial charge is 0.468 e. The SMILES string of the molecule is COC(=O)CN1[CH]CNCC1C1CCNCC1. The molecule has 17 heavy (non-hydrogen) atoms. The summed E-state index contributed by atoms with van der Waals surface area (Å²) in [5.41, 5.74) is 0. The van der Waals surface area contributed by atoms with E-state index in [1.54, 1.807) is 0 Å². The van der Waals surface area contributed by atoms with Crippen molar-refractivity contribution in [1.29, 1.82) is 0 Å². The Morgan fingerprint density at radius 2 is 2.18 bits per heavy atom. The number of piperazine rings is 1. The first kappa shape index (κ1) is 12.8. The number of nitrogens with zero attached hydrogens (tertiary/aromatic N) is 1. The molecule has 2 rings (SSSR count).